The van der Waals surface area contributed by atoms with Crippen molar-refractivity contribution in [1.82, 2.24) is 0 Å². The quantitative estimate of drug-likeness (QED) is 0.504. The van der Waals surface area contributed by atoms with Crippen LogP contribution in [0, 0.1) is 0 Å². The van der Waals surface area contributed by atoms with Crippen molar-refractivity contribution in [2.45, 2.75) is 13.3 Å². The van der Waals surface area contributed by atoms with E-state index >= 15 is 0 Å². The first-order valence-corrected chi connectivity index (χ1v) is 2.54. The van der Waals surface area contributed by atoms with Crippen molar-refractivity contribution in [3.8, 4) is 0 Å². The van der Waals surface area contributed by atoms with Gasteiger partial charge in [-0.1, -0.05) is 6.92 Å². The number of hydrogen-bond donors (Lipinski definition) is 0. The van der Waals surface area contributed by atoms with Gasteiger partial charge in [-0.05, 0) is 6.42 Å². The molecule has 0 atom stereocenters. The lowest BCUT2D eigenvalue weighted by atomic mass is 10.6. The standard InChI is InChI=1S/C3H7FS/c1-2-3-5-4/h2-3H2,1H3. The van der Waals surface area contributed by atoms with E-state index in [0.29, 0.717) is 17.9 Å². The number of halogens is 1. The second-order valence-corrected chi connectivity index (χ2v) is 1.44. The summed E-state index contributed by atoms with van der Waals surface area (Å²) in [6.45, 7) is 1.95. The van der Waals surface area contributed by atoms with Crippen molar-refractivity contribution in [2.24, 2.45) is 0 Å². The molecule has 0 aromatic heterocycles. The van der Waals surface area contributed by atoms with Gasteiger partial charge in [-0.3, -0.25) is 0 Å². The van der Waals surface area contributed by atoms with Crippen LogP contribution in [0.15, 0.2) is 0 Å². The zero-order valence-electron chi connectivity index (χ0n) is 3.20. The zero-order valence-corrected chi connectivity index (χ0v) is 4.02. The molecule has 0 nitrogen and oxygen atoms in total. The Morgan fingerprint density at radius 3 is 2.40 bits per heavy atom. The molecule has 0 aliphatic carbocycles. The summed E-state index contributed by atoms with van der Waals surface area (Å²) in [4.78, 5) is 0. The summed E-state index contributed by atoms with van der Waals surface area (Å²) in [7, 11) is 0. The van der Waals surface area contributed by atoms with E-state index in [1.54, 1.807) is 0 Å². The van der Waals surface area contributed by atoms with E-state index in [4.69, 9.17) is 0 Å². The Kier molecular flexibility index (Phi) is 4.52. The highest BCUT2D eigenvalue weighted by Gasteiger charge is 1.72. The maximum Gasteiger partial charge on any atom is 0.0442 e. The fourth-order valence-electron chi connectivity index (χ4n) is 0.0772. The van der Waals surface area contributed by atoms with Crippen LogP contribution in [-0.2, 0) is 0 Å². The van der Waals surface area contributed by atoms with Crippen LogP contribution in [-0.4, -0.2) is 5.75 Å². The lowest BCUT2D eigenvalue weighted by molar-refractivity contribution is 0.922. The summed E-state index contributed by atoms with van der Waals surface area (Å²) in [6, 6.07) is 0. The molecule has 0 aromatic carbocycles. The van der Waals surface area contributed by atoms with Crippen molar-refractivity contribution in [3.63, 3.8) is 0 Å². The van der Waals surface area contributed by atoms with Gasteiger partial charge in [0.25, 0.3) is 0 Å². The van der Waals surface area contributed by atoms with E-state index in [9.17, 15) is 3.89 Å². The van der Waals surface area contributed by atoms with Gasteiger partial charge < -0.3 is 0 Å². The fraction of sp³-hybridized carbons (Fsp3) is 1.00. The van der Waals surface area contributed by atoms with Crippen molar-refractivity contribution in [2.75, 3.05) is 5.75 Å². The summed E-state index contributed by atoms with van der Waals surface area (Å²) in [5.41, 5.74) is 0. The normalized spacial score (nSPS) is 8.40. The molecule has 0 bridgehead atoms. The predicted octanol–water partition coefficient (Wildman–Crippen LogP) is 2.01. The average Bonchev–Trinajstić information content (AvgIpc) is 1.41. The van der Waals surface area contributed by atoms with E-state index in [1.165, 1.54) is 0 Å². The minimum Gasteiger partial charge on any atom is -0.165 e. The zero-order chi connectivity index (χ0) is 4.12. The monoisotopic (exact) mass is 94.0 g/mol. The highest BCUT2D eigenvalue weighted by atomic mass is 32.2. The Morgan fingerprint density at radius 1 is 1.80 bits per heavy atom. The van der Waals surface area contributed by atoms with E-state index in [-0.39, 0.29) is 0 Å². The maximum atomic E-state index is 10.9. The van der Waals surface area contributed by atoms with Crippen molar-refractivity contribution >= 4 is 12.1 Å². The van der Waals surface area contributed by atoms with Gasteiger partial charge in [0.05, 0.1) is 0 Å². The molecule has 0 amide bonds. The van der Waals surface area contributed by atoms with Crippen LogP contribution in [0.2, 0.25) is 0 Å². The summed E-state index contributed by atoms with van der Waals surface area (Å²) in [5, 5.41) is 0. The Balaban J connectivity index is 2.19. The molecule has 0 fully saturated rings. The van der Waals surface area contributed by atoms with Gasteiger partial charge in [0.15, 0.2) is 0 Å². The smallest absolute Gasteiger partial charge is 0.0442 e. The first kappa shape index (κ1) is 5.28. The van der Waals surface area contributed by atoms with Crippen LogP contribution < -0.4 is 0 Å². The van der Waals surface area contributed by atoms with Gasteiger partial charge in [-0.2, -0.15) is 3.89 Å². The molecule has 0 saturated carbocycles. The third kappa shape index (κ3) is 4.28. The molecule has 0 radical (unpaired) electrons. The Labute approximate surface area is 36.1 Å². The predicted molar refractivity (Wildman–Crippen MR) is 23.9 cm³/mol. The van der Waals surface area contributed by atoms with Gasteiger partial charge in [0.2, 0.25) is 0 Å². The number of rotatable bonds is 2. The third-order valence-corrected chi connectivity index (χ3v) is 0.844. The topological polar surface area (TPSA) is 0 Å². The molecule has 0 spiro atoms. The first-order valence-electron chi connectivity index (χ1n) is 1.65. The molecule has 0 N–H and O–H groups in total. The molecule has 0 unspecified atom stereocenters. The molecule has 0 rings (SSSR count). The highest BCUT2D eigenvalue weighted by Crippen LogP contribution is 1.99. The largest absolute Gasteiger partial charge is 0.165 e. The molecule has 5 heavy (non-hydrogen) atoms. The maximum absolute atomic E-state index is 10.9. The van der Waals surface area contributed by atoms with Crippen molar-refractivity contribution in [1.29, 1.82) is 0 Å². The Bertz CT molecular complexity index is 14.4. The second-order valence-electron chi connectivity index (χ2n) is 0.813. The van der Waals surface area contributed by atoms with E-state index in [2.05, 4.69) is 0 Å². The van der Waals surface area contributed by atoms with Crippen LogP contribution in [0.5, 0.6) is 0 Å². The summed E-state index contributed by atoms with van der Waals surface area (Å²) in [5.74, 6) is 0.639. The minimum atomic E-state index is 0.402. The molecular formula is C3H7FS. The summed E-state index contributed by atoms with van der Waals surface area (Å²) >= 11 is 0.402. The summed E-state index contributed by atoms with van der Waals surface area (Å²) < 4.78 is 10.9. The van der Waals surface area contributed by atoms with E-state index in [0.717, 1.165) is 6.42 Å². The SMILES string of the molecule is CCCSF. The van der Waals surface area contributed by atoms with Crippen molar-refractivity contribution in [3.05, 3.63) is 0 Å². The van der Waals surface area contributed by atoms with Gasteiger partial charge in [-0.25, -0.2) is 0 Å². The fourth-order valence-corrected chi connectivity index (χ4v) is 0.231. The van der Waals surface area contributed by atoms with Gasteiger partial charge in [-0.15, -0.1) is 0 Å². The third-order valence-electron chi connectivity index (χ3n) is 0.281. The molecule has 0 aliphatic heterocycles. The molecular weight excluding hydrogens is 87.1 g/mol. The van der Waals surface area contributed by atoms with Crippen LogP contribution in [0.1, 0.15) is 13.3 Å². The Morgan fingerprint density at radius 2 is 2.40 bits per heavy atom. The van der Waals surface area contributed by atoms with Crippen LogP contribution in [0.3, 0.4) is 0 Å². The minimum absolute atomic E-state index is 0.402. The van der Waals surface area contributed by atoms with Crippen LogP contribution in [0.25, 0.3) is 0 Å². The van der Waals surface area contributed by atoms with E-state index in [1.807, 2.05) is 6.92 Å². The average molecular weight is 94.2 g/mol. The van der Waals surface area contributed by atoms with Gasteiger partial charge >= 0.3 is 0 Å². The van der Waals surface area contributed by atoms with Gasteiger partial charge in [0, 0.05) is 17.9 Å². The first-order chi connectivity index (χ1) is 2.41. The summed E-state index contributed by atoms with van der Waals surface area (Å²) in [6.07, 6.45) is 0.932. The molecule has 0 aliphatic rings. The molecule has 0 aromatic rings. The van der Waals surface area contributed by atoms with Crippen LogP contribution in [0.4, 0.5) is 3.89 Å². The van der Waals surface area contributed by atoms with Crippen LogP contribution >= 0.6 is 12.1 Å². The van der Waals surface area contributed by atoms with Crippen molar-refractivity contribution < 1.29 is 3.89 Å². The molecule has 0 saturated heterocycles. The van der Waals surface area contributed by atoms with E-state index < -0.39 is 0 Å². The lowest BCUT2D eigenvalue weighted by Crippen LogP contribution is -1.61. The molecule has 0 heterocycles. The lowest BCUT2D eigenvalue weighted by Gasteiger charge is -1.74. The highest BCUT2D eigenvalue weighted by molar-refractivity contribution is 7.94. The molecule has 32 valence electrons. The Hall–Kier alpha value is 0.280. The van der Waals surface area contributed by atoms with Gasteiger partial charge in [0.1, 0.15) is 0 Å². The number of hydrogen-bond acceptors (Lipinski definition) is 1. The molecule has 2 heteroatoms. The second kappa shape index (κ2) is 4.28.